The van der Waals surface area contributed by atoms with Gasteiger partial charge in [0.1, 0.15) is 11.6 Å². The van der Waals surface area contributed by atoms with E-state index in [1.54, 1.807) is 24.3 Å². The van der Waals surface area contributed by atoms with Gasteiger partial charge in [0.2, 0.25) is 5.91 Å². The fourth-order valence-corrected chi connectivity index (χ4v) is 3.66. The number of rotatable bonds is 5. The van der Waals surface area contributed by atoms with E-state index in [9.17, 15) is 13.6 Å². The Morgan fingerprint density at radius 2 is 1.97 bits per heavy atom. The summed E-state index contributed by atoms with van der Waals surface area (Å²) in [5, 5.41) is 10.4. The number of hydrogen-bond donors (Lipinski definition) is 2. The molecule has 0 bridgehead atoms. The molecule has 1 fully saturated rings. The van der Waals surface area contributed by atoms with Crippen LogP contribution in [-0.4, -0.2) is 35.2 Å². The molecule has 1 aromatic heterocycles. The fraction of sp³-hybridized carbons (Fsp3) is 0.273. The molecule has 0 saturated carbocycles. The van der Waals surface area contributed by atoms with Crippen molar-refractivity contribution in [1.82, 2.24) is 15.5 Å². The van der Waals surface area contributed by atoms with Crippen molar-refractivity contribution in [3.05, 3.63) is 71.8 Å². The van der Waals surface area contributed by atoms with Gasteiger partial charge in [0, 0.05) is 25.2 Å². The van der Waals surface area contributed by atoms with E-state index in [0.717, 1.165) is 36.5 Å². The van der Waals surface area contributed by atoms with Crippen molar-refractivity contribution in [2.45, 2.75) is 25.3 Å². The number of carbonyl (C=O) groups excluding carboxylic acids is 1. The van der Waals surface area contributed by atoms with Gasteiger partial charge >= 0.3 is 0 Å². The van der Waals surface area contributed by atoms with Crippen LogP contribution in [0.1, 0.15) is 18.4 Å². The summed E-state index contributed by atoms with van der Waals surface area (Å²) < 4.78 is 26.4. The zero-order chi connectivity index (χ0) is 20.2. The Labute approximate surface area is 167 Å². The Morgan fingerprint density at radius 3 is 2.76 bits per heavy atom. The molecule has 0 radical (unpaired) electrons. The second-order valence-corrected chi connectivity index (χ2v) is 7.31. The molecule has 5 nitrogen and oxygen atoms in total. The third-order valence-electron chi connectivity index (χ3n) is 5.08. The molecule has 4 rings (SSSR count). The largest absolute Gasteiger partial charge is 0.353 e. The minimum absolute atomic E-state index is 0.00998. The third-order valence-corrected chi connectivity index (χ3v) is 5.08. The van der Waals surface area contributed by atoms with Crippen LogP contribution in [0.3, 0.4) is 0 Å². The molecule has 29 heavy (non-hydrogen) atoms. The Hall–Kier alpha value is -3.22. The molecule has 7 heteroatoms. The van der Waals surface area contributed by atoms with Gasteiger partial charge in [0.25, 0.3) is 0 Å². The normalized spacial score (nSPS) is 16.6. The summed E-state index contributed by atoms with van der Waals surface area (Å²) in [6.07, 6.45) is 1.98. The molecule has 0 aliphatic carbocycles. The number of halogens is 2. The van der Waals surface area contributed by atoms with E-state index in [1.165, 1.54) is 24.3 Å². The van der Waals surface area contributed by atoms with Gasteiger partial charge in [-0.3, -0.25) is 9.89 Å². The molecule has 0 unspecified atom stereocenters. The molecule has 1 saturated heterocycles. The standard InChI is InChI=1S/C22H22F2N4O/c23-17-8-6-16(7-9-17)20-13-21(27-26-20)28-10-2-5-19(14-28)25-22(29)12-15-3-1-4-18(24)11-15/h1,3-4,6-9,11,13,19H,2,5,10,12,14H2,(H,25,29)(H,26,27)/t19-/m1/s1. The van der Waals surface area contributed by atoms with E-state index in [4.69, 9.17) is 0 Å². The lowest BCUT2D eigenvalue weighted by Crippen LogP contribution is -2.48. The molecule has 2 aromatic carbocycles. The lowest BCUT2D eigenvalue weighted by atomic mass is 10.0. The first-order chi connectivity index (χ1) is 14.1. The van der Waals surface area contributed by atoms with Crippen LogP contribution in [0.4, 0.5) is 14.6 Å². The highest BCUT2D eigenvalue weighted by Gasteiger charge is 2.23. The van der Waals surface area contributed by atoms with Crippen molar-refractivity contribution in [3.63, 3.8) is 0 Å². The number of piperidine rings is 1. The number of nitrogens with zero attached hydrogens (tertiary/aromatic N) is 2. The number of aromatic amines is 1. The summed E-state index contributed by atoms with van der Waals surface area (Å²) in [5.74, 6) is 0.0702. The van der Waals surface area contributed by atoms with E-state index < -0.39 is 0 Å². The number of nitrogens with one attached hydrogen (secondary N) is 2. The first-order valence-corrected chi connectivity index (χ1v) is 9.67. The number of aromatic nitrogens is 2. The van der Waals surface area contributed by atoms with Crippen LogP contribution in [0.15, 0.2) is 54.6 Å². The molecule has 1 aliphatic heterocycles. The molecule has 2 N–H and O–H groups in total. The minimum Gasteiger partial charge on any atom is -0.353 e. The van der Waals surface area contributed by atoms with E-state index in [-0.39, 0.29) is 30.0 Å². The van der Waals surface area contributed by atoms with Crippen LogP contribution in [0.5, 0.6) is 0 Å². The van der Waals surface area contributed by atoms with Crippen LogP contribution in [0.2, 0.25) is 0 Å². The first-order valence-electron chi connectivity index (χ1n) is 9.67. The summed E-state index contributed by atoms with van der Waals surface area (Å²) in [6, 6.07) is 14.3. The first kappa shape index (κ1) is 19.1. The van der Waals surface area contributed by atoms with Gasteiger partial charge in [-0.2, -0.15) is 5.10 Å². The highest BCUT2D eigenvalue weighted by Crippen LogP contribution is 2.24. The average Bonchev–Trinajstić information content (AvgIpc) is 3.19. The highest BCUT2D eigenvalue weighted by molar-refractivity contribution is 5.79. The van der Waals surface area contributed by atoms with E-state index >= 15 is 0 Å². The maximum absolute atomic E-state index is 13.3. The van der Waals surface area contributed by atoms with Gasteiger partial charge in [-0.25, -0.2) is 8.78 Å². The minimum atomic E-state index is -0.338. The molecule has 2 heterocycles. The zero-order valence-corrected chi connectivity index (χ0v) is 15.9. The Morgan fingerprint density at radius 1 is 1.14 bits per heavy atom. The van der Waals surface area contributed by atoms with Crippen molar-refractivity contribution in [1.29, 1.82) is 0 Å². The predicted octanol–water partition coefficient (Wildman–Crippen LogP) is 3.68. The third kappa shape index (κ3) is 4.80. The number of amides is 1. The van der Waals surface area contributed by atoms with Gasteiger partial charge in [0.15, 0.2) is 5.82 Å². The second-order valence-electron chi connectivity index (χ2n) is 7.31. The summed E-state index contributed by atoms with van der Waals surface area (Å²) >= 11 is 0. The molecule has 150 valence electrons. The maximum atomic E-state index is 13.3. The van der Waals surface area contributed by atoms with Gasteiger partial charge in [-0.1, -0.05) is 12.1 Å². The monoisotopic (exact) mass is 396 g/mol. The van der Waals surface area contributed by atoms with Crippen molar-refractivity contribution in [2.75, 3.05) is 18.0 Å². The van der Waals surface area contributed by atoms with Crippen LogP contribution in [0.25, 0.3) is 11.3 Å². The summed E-state index contributed by atoms with van der Waals surface area (Å²) in [5.41, 5.74) is 2.34. The van der Waals surface area contributed by atoms with Gasteiger partial charge in [-0.05, 0) is 60.4 Å². The van der Waals surface area contributed by atoms with Crippen LogP contribution in [0, 0.1) is 11.6 Å². The van der Waals surface area contributed by atoms with Crippen molar-refractivity contribution in [3.8, 4) is 11.3 Å². The number of benzene rings is 2. The van der Waals surface area contributed by atoms with Crippen LogP contribution >= 0.6 is 0 Å². The number of H-pyrrole nitrogens is 1. The smallest absolute Gasteiger partial charge is 0.224 e. The quantitative estimate of drug-likeness (QED) is 0.692. The molecular weight excluding hydrogens is 374 g/mol. The van der Waals surface area contributed by atoms with Crippen molar-refractivity contribution in [2.24, 2.45) is 0 Å². The van der Waals surface area contributed by atoms with Crippen LogP contribution in [-0.2, 0) is 11.2 Å². The fourth-order valence-electron chi connectivity index (χ4n) is 3.66. The van der Waals surface area contributed by atoms with E-state index in [2.05, 4.69) is 20.4 Å². The maximum Gasteiger partial charge on any atom is 0.224 e. The summed E-state index contributed by atoms with van der Waals surface area (Å²) in [4.78, 5) is 14.5. The summed E-state index contributed by atoms with van der Waals surface area (Å²) in [7, 11) is 0. The van der Waals surface area contributed by atoms with E-state index in [1.807, 2.05) is 6.07 Å². The number of carbonyl (C=O) groups is 1. The predicted molar refractivity (Wildman–Crippen MR) is 107 cm³/mol. The lowest BCUT2D eigenvalue weighted by molar-refractivity contribution is -0.121. The number of hydrogen-bond acceptors (Lipinski definition) is 3. The molecule has 0 spiro atoms. The average molecular weight is 396 g/mol. The summed E-state index contributed by atoms with van der Waals surface area (Å²) in [6.45, 7) is 1.51. The molecule has 1 aliphatic rings. The molecule has 1 amide bonds. The van der Waals surface area contributed by atoms with Crippen molar-refractivity contribution < 1.29 is 13.6 Å². The van der Waals surface area contributed by atoms with Crippen LogP contribution < -0.4 is 10.2 Å². The van der Waals surface area contributed by atoms with Gasteiger partial charge < -0.3 is 10.2 Å². The highest BCUT2D eigenvalue weighted by atomic mass is 19.1. The molecule has 1 atom stereocenters. The van der Waals surface area contributed by atoms with Gasteiger partial charge in [-0.15, -0.1) is 0 Å². The lowest BCUT2D eigenvalue weighted by Gasteiger charge is -2.33. The Bertz CT molecular complexity index is 986. The molecular formula is C22H22F2N4O. The molecule has 3 aromatic rings. The SMILES string of the molecule is O=C(Cc1cccc(F)c1)N[C@@H]1CCCN(c2cc(-c3ccc(F)cc3)[nH]n2)C1. The Kier molecular flexibility index (Phi) is 5.55. The second kappa shape index (κ2) is 8.43. The topological polar surface area (TPSA) is 61.0 Å². The van der Waals surface area contributed by atoms with Gasteiger partial charge in [0.05, 0.1) is 12.1 Å². The Balaban J connectivity index is 1.37. The van der Waals surface area contributed by atoms with E-state index in [0.29, 0.717) is 12.1 Å². The zero-order valence-electron chi connectivity index (χ0n) is 15.9. The number of anilines is 1. The van der Waals surface area contributed by atoms with Crippen molar-refractivity contribution >= 4 is 11.7 Å².